The van der Waals surface area contributed by atoms with Gasteiger partial charge in [-0.15, -0.1) is 0 Å². The Morgan fingerprint density at radius 2 is 2.64 bits per heavy atom. The van der Waals surface area contributed by atoms with Crippen LogP contribution in [0.1, 0.15) is 0 Å². The predicted octanol–water partition coefficient (Wildman–Crippen LogP) is 2.30. The van der Waals surface area contributed by atoms with Gasteiger partial charge in [0.05, 0.1) is 0 Å². The molecule has 58 valence electrons. The molecule has 0 saturated heterocycles. The fourth-order valence-corrected chi connectivity index (χ4v) is 1.29. The highest BCUT2D eigenvalue weighted by atomic mass is 32.2. The van der Waals surface area contributed by atoms with E-state index in [4.69, 9.17) is 0 Å². The lowest BCUT2D eigenvalue weighted by atomic mass is 10.6. The molecule has 0 aromatic carbocycles. The van der Waals surface area contributed by atoms with Crippen molar-refractivity contribution in [2.75, 3.05) is 4.72 Å². The van der Waals surface area contributed by atoms with Gasteiger partial charge < -0.3 is 4.72 Å². The summed E-state index contributed by atoms with van der Waals surface area (Å²) in [5.74, 6) is 0. The molecule has 0 radical (unpaired) electrons. The molecule has 5 heteroatoms. The van der Waals surface area contributed by atoms with Gasteiger partial charge in [0, 0.05) is 16.4 Å². The molecule has 1 rings (SSSR count). The maximum atomic E-state index is 3.92. The van der Waals surface area contributed by atoms with Gasteiger partial charge in [0.15, 0.2) is 0 Å². The van der Waals surface area contributed by atoms with E-state index in [-0.39, 0.29) is 0 Å². The zero-order chi connectivity index (χ0) is 8.10. The van der Waals surface area contributed by atoms with Crippen LogP contribution < -0.4 is 4.72 Å². The summed E-state index contributed by atoms with van der Waals surface area (Å²) >= 11 is 2.69. The third-order valence-electron chi connectivity index (χ3n) is 0.858. The first-order chi connectivity index (χ1) is 5.33. The van der Waals surface area contributed by atoms with Crippen molar-refractivity contribution in [3.8, 4) is 0 Å². The van der Waals surface area contributed by atoms with Crippen LogP contribution in [0.15, 0.2) is 30.5 Å². The van der Waals surface area contributed by atoms with Gasteiger partial charge in [0.25, 0.3) is 0 Å². The number of anilines is 1. The average Bonchev–Trinajstić information content (AvgIpc) is 2.52. The van der Waals surface area contributed by atoms with E-state index in [1.54, 1.807) is 6.08 Å². The second kappa shape index (κ2) is 4.15. The molecule has 0 atom stereocenters. The molecule has 0 aliphatic rings. The molecule has 11 heavy (non-hydrogen) atoms. The van der Waals surface area contributed by atoms with E-state index >= 15 is 0 Å². The molecule has 0 aliphatic carbocycles. The third kappa shape index (κ3) is 2.73. The summed E-state index contributed by atoms with van der Waals surface area (Å²) in [6.07, 6.45) is 3.18. The smallest absolute Gasteiger partial charge is 0.212 e. The number of hydrogen-bond acceptors (Lipinski definition) is 5. The number of rotatable bonds is 4. The summed E-state index contributed by atoms with van der Waals surface area (Å²) in [7, 11) is 0. The summed E-state index contributed by atoms with van der Waals surface area (Å²) in [4.78, 5) is 4.78. The number of nitrogens with zero attached hydrogens (tertiary/aromatic N) is 2. The zero-order valence-electron chi connectivity index (χ0n) is 5.78. The van der Waals surface area contributed by atoms with Crippen molar-refractivity contribution in [3.63, 3.8) is 0 Å². The quantitative estimate of drug-likeness (QED) is 0.577. The topological polar surface area (TPSA) is 37.8 Å². The summed E-state index contributed by atoms with van der Waals surface area (Å²) in [5, 5.41) is 0.776. The lowest BCUT2D eigenvalue weighted by Crippen LogP contribution is -1.83. The average molecular weight is 185 g/mol. The summed E-state index contributed by atoms with van der Waals surface area (Å²) < 4.78 is 6.79. The molecule has 1 N–H and O–H groups in total. The van der Waals surface area contributed by atoms with E-state index in [1.807, 2.05) is 0 Å². The fourth-order valence-electron chi connectivity index (χ4n) is 0.369. The van der Waals surface area contributed by atoms with Crippen LogP contribution in [0.3, 0.4) is 0 Å². The van der Waals surface area contributed by atoms with Gasteiger partial charge in [0.2, 0.25) is 5.13 Å². The van der Waals surface area contributed by atoms with Gasteiger partial charge in [-0.2, -0.15) is 4.37 Å². The van der Waals surface area contributed by atoms with Crippen molar-refractivity contribution in [1.82, 2.24) is 9.36 Å². The lowest BCUT2D eigenvalue weighted by molar-refractivity contribution is 1.34. The first-order valence-corrected chi connectivity index (χ1v) is 4.43. The molecule has 0 saturated carbocycles. The number of hydrogen-bond donors (Lipinski definition) is 1. The molecule has 3 nitrogen and oxygen atoms in total. The molecule has 1 aromatic heterocycles. The van der Waals surface area contributed by atoms with Gasteiger partial charge in [-0.1, -0.05) is 19.2 Å². The molecule has 0 bridgehead atoms. The standard InChI is InChI=1S/C6H7N3S2/c1-3-5(2)10-9-6-7-4-8-11-6/h3-4H,1-2H2,(H,7,8,9). The van der Waals surface area contributed by atoms with Crippen molar-refractivity contribution < 1.29 is 0 Å². The van der Waals surface area contributed by atoms with Gasteiger partial charge in [-0.25, -0.2) is 4.98 Å². The van der Waals surface area contributed by atoms with Crippen molar-refractivity contribution >= 4 is 28.6 Å². The van der Waals surface area contributed by atoms with E-state index in [2.05, 4.69) is 27.2 Å². The Bertz CT molecular complexity index is 242. The third-order valence-corrected chi connectivity index (χ3v) is 2.29. The van der Waals surface area contributed by atoms with E-state index in [0.29, 0.717) is 0 Å². The first kappa shape index (κ1) is 8.29. The van der Waals surface area contributed by atoms with Crippen molar-refractivity contribution in [3.05, 3.63) is 30.5 Å². The highest BCUT2D eigenvalue weighted by Gasteiger charge is 1.94. The maximum absolute atomic E-state index is 3.92. The number of nitrogens with one attached hydrogen (secondary N) is 1. The van der Waals surface area contributed by atoms with Crippen LogP contribution in [-0.2, 0) is 0 Å². The van der Waals surface area contributed by atoms with Crippen LogP contribution in [0.4, 0.5) is 5.13 Å². The van der Waals surface area contributed by atoms with Crippen LogP contribution in [0.2, 0.25) is 0 Å². The molecule has 0 unspecified atom stereocenters. The van der Waals surface area contributed by atoms with Crippen LogP contribution in [0.5, 0.6) is 0 Å². The largest absolute Gasteiger partial charge is 0.300 e. The Labute approximate surface area is 73.5 Å². The Hall–Kier alpha value is -0.810. The van der Waals surface area contributed by atoms with E-state index in [1.165, 1.54) is 29.8 Å². The van der Waals surface area contributed by atoms with E-state index in [9.17, 15) is 0 Å². The lowest BCUT2D eigenvalue weighted by Gasteiger charge is -1.97. The molecule has 0 spiro atoms. The van der Waals surface area contributed by atoms with Gasteiger partial charge in [0.1, 0.15) is 6.33 Å². The highest BCUT2D eigenvalue weighted by Crippen LogP contribution is 2.18. The van der Waals surface area contributed by atoms with Crippen LogP contribution in [0, 0.1) is 0 Å². The Morgan fingerprint density at radius 3 is 3.18 bits per heavy atom. The Kier molecular flexibility index (Phi) is 3.13. The summed E-state index contributed by atoms with van der Waals surface area (Å²) in [6, 6.07) is 0. The molecule has 0 aliphatic heterocycles. The normalized spacial score (nSPS) is 9.09. The highest BCUT2D eigenvalue weighted by molar-refractivity contribution is 8.04. The number of aromatic nitrogens is 2. The second-order valence-electron chi connectivity index (χ2n) is 1.62. The van der Waals surface area contributed by atoms with Crippen molar-refractivity contribution in [1.29, 1.82) is 0 Å². The SMILES string of the molecule is C=CC(=C)SNc1ncns1. The molecular weight excluding hydrogens is 178 g/mol. The monoisotopic (exact) mass is 185 g/mol. The maximum Gasteiger partial charge on any atom is 0.212 e. The van der Waals surface area contributed by atoms with E-state index < -0.39 is 0 Å². The van der Waals surface area contributed by atoms with Gasteiger partial charge in [-0.3, -0.25) is 0 Å². The molecule has 1 aromatic rings. The molecule has 0 amide bonds. The van der Waals surface area contributed by atoms with Crippen LogP contribution in [-0.4, -0.2) is 9.36 Å². The minimum atomic E-state index is 0.776. The Morgan fingerprint density at radius 1 is 1.82 bits per heavy atom. The predicted molar refractivity (Wildman–Crippen MR) is 50.5 cm³/mol. The van der Waals surface area contributed by atoms with Crippen LogP contribution in [0.25, 0.3) is 0 Å². The van der Waals surface area contributed by atoms with Crippen LogP contribution >= 0.6 is 23.5 Å². The number of allylic oxidation sites excluding steroid dienone is 1. The Balaban J connectivity index is 2.34. The molecular formula is C6H7N3S2. The second-order valence-corrected chi connectivity index (χ2v) is 3.33. The molecule has 0 fully saturated rings. The van der Waals surface area contributed by atoms with Crippen molar-refractivity contribution in [2.24, 2.45) is 0 Å². The van der Waals surface area contributed by atoms with E-state index in [0.717, 1.165) is 10.0 Å². The zero-order valence-corrected chi connectivity index (χ0v) is 7.41. The first-order valence-electron chi connectivity index (χ1n) is 2.84. The minimum absolute atomic E-state index is 0.776. The molecule has 1 heterocycles. The van der Waals surface area contributed by atoms with Gasteiger partial charge >= 0.3 is 0 Å². The summed E-state index contributed by atoms with van der Waals surface area (Å²) in [6.45, 7) is 7.28. The minimum Gasteiger partial charge on any atom is -0.300 e. The van der Waals surface area contributed by atoms with Crippen molar-refractivity contribution in [2.45, 2.75) is 0 Å². The summed E-state index contributed by atoms with van der Waals surface area (Å²) in [5.41, 5.74) is 0. The van der Waals surface area contributed by atoms with Gasteiger partial charge in [-0.05, 0) is 11.9 Å². The fraction of sp³-hybridized carbons (Fsp3) is 0.